The Balaban J connectivity index is 2.52. The van der Waals surface area contributed by atoms with Crippen molar-refractivity contribution in [3.8, 4) is 6.07 Å². The summed E-state index contributed by atoms with van der Waals surface area (Å²) >= 11 is 3.30. The zero-order valence-electron chi connectivity index (χ0n) is 9.34. The first-order chi connectivity index (χ1) is 8.76. The van der Waals surface area contributed by atoms with Crippen molar-refractivity contribution in [2.75, 3.05) is 0 Å². The Hall–Kier alpha value is -2.12. The minimum absolute atomic E-state index is 0.434. The summed E-state index contributed by atoms with van der Waals surface area (Å²) in [4.78, 5) is 0. The molecule has 0 aromatic heterocycles. The van der Waals surface area contributed by atoms with E-state index in [4.69, 9.17) is 5.21 Å². The second-order valence-corrected chi connectivity index (χ2v) is 4.47. The molecule has 0 atom stereocenters. The van der Waals surface area contributed by atoms with Gasteiger partial charge < -0.3 is 5.21 Å². The number of oxime groups is 1. The Morgan fingerprint density at radius 1 is 1.22 bits per heavy atom. The van der Waals surface area contributed by atoms with Gasteiger partial charge in [0.25, 0.3) is 0 Å². The van der Waals surface area contributed by atoms with E-state index < -0.39 is 0 Å². The number of nitrogens with zero attached hydrogens (tertiary/aromatic N) is 2. The molecule has 0 bridgehead atoms. The summed E-state index contributed by atoms with van der Waals surface area (Å²) in [6.07, 6.45) is 5.17. The molecule has 0 spiro atoms. The Morgan fingerprint density at radius 3 is 2.50 bits per heavy atom. The highest BCUT2D eigenvalue weighted by atomic mass is 79.9. The lowest BCUT2D eigenvalue weighted by molar-refractivity contribution is 0.320. The predicted octanol–water partition coefficient (Wildman–Crippen LogP) is 3.64. The quantitative estimate of drug-likeness (QED) is 0.489. The molecule has 0 radical (unpaired) electrons. The van der Waals surface area contributed by atoms with E-state index in [0.29, 0.717) is 15.8 Å². The molecule has 2 rings (SSSR count). The van der Waals surface area contributed by atoms with Crippen molar-refractivity contribution >= 4 is 27.2 Å². The predicted molar refractivity (Wildman–Crippen MR) is 74.3 cm³/mol. The van der Waals surface area contributed by atoms with Crippen LogP contribution in [0.5, 0.6) is 0 Å². The Morgan fingerprint density at radius 2 is 1.94 bits per heavy atom. The zero-order valence-corrected chi connectivity index (χ0v) is 10.9. The van der Waals surface area contributed by atoms with Crippen molar-refractivity contribution in [1.29, 1.82) is 5.26 Å². The van der Waals surface area contributed by atoms with Crippen molar-refractivity contribution in [2.45, 2.75) is 0 Å². The van der Waals surface area contributed by atoms with E-state index in [1.54, 1.807) is 18.2 Å². The van der Waals surface area contributed by atoms with Gasteiger partial charge in [0.05, 0.1) is 5.57 Å². The lowest BCUT2D eigenvalue weighted by Gasteiger charge is -2.08. The van der Waals surface area contributed by atoms with Crippen LogP contribution in [-0.4, -0.2) is 10.9 Å². The first-order valence-electron chi connectivity index (χ1n) is 5.23. The monoisotopic (exact) mass is 300 g/mol. The van der Waals surface area contributed by atoms with Crippen LogP contribution in [0.15, 0.2) is 63.8 Å². The third kappa shape index (κ3) is 2.41. The molecule has 0 unspecified atom stereocenters. The van der Waals surface area contributed by atoms with E-state index in [2.05, 4.69) is 27.2 Å². The van der Waals surface area contributed by atoms with Crippen LogP contribution in [0.2, 0.25) is 0 Å². The van der Waals surface area contributed by atoms with Crippen molar-refractivity contribution < 1.29 is 5.21 Å². The van der Waals surface area contributed by atoms with Crippen molar-refractivity contribution in [3.63, 3.8) is 0 Å². The van der Waals surface area contributed by atoms with Crippen LogP contribution in [0, 0.1) is 11.3 Å². The van der Waals surface area contributed by atoms with Gasteiger partial charge in [0, 0.05) is 4.48 Å². The highest BCUT2D eigenvalue weighted by Crippen LogP contribution is 2.26. The standard InChI is InChI=1S/C14H9BrN2O/c15-13-8-11(6-7-14(13)17-18)12(9-16)10-4-2-1-3-5-10/h1-8,18H/b12-11?,17-14-. The van der Waals surface area contributed by atoms with Gasteiger partial charge >= 0.3 is 0 Å². The molecule has 1 aliphatic rings. The molecule has 0 aliphatic heterocycles. The second kappa shape index (κ2) is 5.48. The summed E-state index contributed by atoms with van der Waals surface area (Å²) in [6.45, 7) is 0. The SMILES string of the molecule is N#CC(=C1C=C/C(=N/O)C(Br)=C1)c1ccccc1. The summed E-state index contributed by atoms with van der Waals surface area (Å²) < 4.78 is 0.645. The van der Waals surface area contributed by atoms with Gasteiger partial charge in [-0.15, -0.1) is 0 Å². The molecule has 0 heterocycles. The van der Waals surface area contributed by atoms with E-state index in [1.165, 1.54) is 0 Å². The van der Waals surface area contributed by atoms with Gasteiger partial charge in [0.15, 0.2) is 0 Å². The smallest absolute Gasteiger partial charge is 0.116 e. The van der Waals surface area contributed by atoms with Gasteiger partial charge in [0.1, 0.15) is 11.8 Å². The number of hydrogen-bond acceptors (Lipinski definition) is 3. The number of benzene rings is 1. The molecule has 0 saturated heterocycles. The molecule has 4 heteroatoms. The lowest BCUT2D eigenvalue weighted by atomic mass is 9.97. The number of nitriles is 1. The number of allylic oxidation sites excluding steroid dienone is 6. The molecule has 1 aromatic carbocycles. The van der Waals surface area contributed by atoms with Gasteiger partial charge in [-0.3, -0.25) is 0 Å². The maximum absolute atomic E-state index is 9.28. The third-order valence-corrected chi connectivity index (χ3v) is 3.15. The van der Waals surface area contributed by atoms with E-state index in [0.717, 1.165) is 11.1 Å². The zero-order chi connectivity index (χ0) is 13.0. The molecule has 88 valence electrons. The molecular formula is C14H9BrN2O. The molecule has 1 aromatic rings. The highest BCUT2D eigenvalue weighted by Gasteiger charge is 2.12. The van der Waals surface area contributed by atoms with Crippen LogP contribution in [0.3, 0.4) is 0 Å². The maximum atomic E-state index is 9.28. The van der Waals surface area contributed by atoms with Gasteiger partial charge in [0.2, 0.25) is 0 Å². The minimum Gasteiger partial charge on any atom is -0.410 e. The van der Waals surface area contributed by atoms with Crippen molar-refractivity contribution in [1.82, 2.24) is 0 Å². The Kier molecular flexibility index (Phi) is 3.75. The molecule has 1 N–H and O–H groups in total. The normalized spacial score (nSPS) is 19.3. The summed E-state index contributed by atoms with van der Waals surface area (Å²) in [5.41, 5.74) is 2.66. The number of rotatable bonds is 1. The second-order valence-electron chi connectivity index (χ2n) is 3.62. The van der Waals surface area contributed by atoms with E-state index in [-0.39, 0.29) is 0 Å². The third-order valence-electron chi connectivity index (χ3n) is 2.52. The fraction of sp³-hybridized carbons (Fsp3) is 0. The first-order valence-corrected chi connectivity index (χ1v) is 6.03. The molecule has 0 amide bonds. The number of hydrogen-bond donors (Lipinski definition) is 1. The summed E-state index contributed by atoms with van der Waals surface area (Å²) in [7, 11) is 0. The fourth-order valence-electron chi connectivity index (χ4n) is 1.64. The Labute approximate surface area is 113 Å². The molecule has 0 fully saturated rings. The average molecular weight is 301 g/mol. The van der Waals surface area contributed by atoms with E-state index in [9.17, 15) is 5.26 Å². The molecular weight excluding hydrogens is 292 g/mol. The Bertz CT molecular complexity index is 619. The van der Waals surface area contributed by atoms with E-state index in [1.807, 2.05) is 30.3 Å². The summed E-state index contributed by atoms with van der Waals surface area (Å²) in [5.74, 6) is 0. The van der Waals surface area contributed by atoms with Crippen LogP contribution < -0.4 is 0 Å². The fourth-order valence-corrected chi connectivity index (χ4v) is 2.10. The first kappa shape index (κ1) is 12.3. The van der Waals surface area contributed by atoms with Crippen LogP contribution in [0.4, 0.5) is 0 Å². The van der Waals surface area contributed by atoms with Crippen LogP contribution in [0.1, 0.15) is 5.56 Å². The van der Waals surface area contributed by atoms with Gasteiger partial charge in [-0.2, -0.15) is 5.26 Å². The molecule has 1 aliphatic carbocycles. The largest absolute Gasteiger partial charge is 0.410 e. The average Bonchev–Trinajstić information content (AvgIpc) is 2.41. The van der Waals surface area contributed by atoms with Gasteiger partial charge in [-0.05, 0) is 39.2 Å². The topological polar surface area (TPSA) is 56.4 Å². The van der Waals surface area contributed by atoms with E-state index >= 15 is 0 Å². The van der Waals surface area contributed by atoms with Crippen LogP contribution >= 0.6 is 15.9 Å². The lowest BCUT2D eigenvalue weighted by Crippen LogP contribution is -2.00. The minimum atomic E-state index is 0.434. The molecule has 3 nitrogen and oxygen atoms in total. The maximum Gasteiger partial charge on any atom is 0.116 e. The van der Waals surface area contributed by atoms with Crippen molar-refractivity contribution in [3.05, 3.63) is 64.2 Å². The van der Waals surface area contributed by atoms with Crippen molar-refractivity contribution in [2.24, 2.45) is 5.16 Å². The summed E-state index contributed by atoms with van der Waals surface area (Å²) in [5, 5.41) is 21.2. The molecule has 18 heavy (non-hydrogen) atoms. The van der Waals surface area contributed by atoms with Crippen LogP contribution in [-0.2, 0) is 0 Å². The van der Waals surface area contributed by atoms with Crippen LogP contribution in [0.25, 0.3) is 5.57 Å². The van der Waals surface area contributed by atoms with Gasteiger partial charge in [-0.1, -0.05) is 41.6 Å². The highest BCUT2D eigenvalue weighted by molar-refractivity contribution is 9.12. The summed E-state index contributed by atoms with van der Waals surface area (Å²) in [6, 6.07) is 11.7. The molecule has 0 saturated carbocycles. The van der Waals surface area contributed by atoms with Gasteiger partial charge in [-0.25, -0.2) is 0 Å². The number of halogens is 1.